The monoisotopic (exact) mass is 289 g/mol. The fraction of sp³-hybridized carbons (Fsp3) is 0.562. The number of aliphatic imine (C=N–C) groups is 1. The topological polar surface area (TPSA) is 54.8 Å². The van der Waals surface area contributed by atoms with E-state index in [0.29, 0.717) is 5.82 Å². The third-order valence-corrected chi connectivity index (χ3v) is 3.21. The minimum Gasteiger partial charge on any atom is -0.443 e. The number of rotatable bonds is 2. The van der Waals surface area contributed by atoms with Crippen molar-refractivity contribution >= 4 is 17.6 Å². The Bertz CT molecular complexity index is 547. The van der Waals surface area contributed by atoms with Crippen molar-refractivity contribution in [1.29, 1.82) is 0 Å². The molecule has 0 saturated heterocycles. The summed E-state index contributed by atoms with van der Waals surface area (Å²) < 4.78 is 5.40. The van der Waals surface area contributed by atoms with Crippen LogP contribution in [0.25, 0.3) is 0 Å². The predicted octanol–water partition coefficient (Wildman–Crippen LogP) is 3.43. The van der Waals surface area contributed by atoms with Crippen molar-refractivity contribution in [3.8, 4) is 0 Å². The summed E-state index contributed by atoms with van der Waals surface area (Å²) in [4.78, 5) is 22.6. The molecule has 0 N–H and O–H groups in total. The highest BCUT2D eigenvalue weighted by molar-refractivity contribution is 6.06. The molecule has 0 fully saturated rings. The van der Waals surface area contributed by atoms with Crippen LogP contribution in [0.3, 0.4) is 0 Å². The molecule has 0 aliphatic carbocycles. The van der Waals surface area contributed by atoms with E-state index in [1.165, 1.54) is 4.90 Å². The van der Waals surface area contributed by atoms with Gasteiger partial charge in [-0.25, -0.2) is 9.78 Å². The van der Waals surface area contributed by atoms with Gasteiger partial charge in [-0.2, -0.15) is 0 Å². The first-order valence-corrected chi connectivity index (χ1v) is 7.34. The zero-order chi connectivity index (χ0) is 15.5. The van der Waals surface area contributed by atoms with E-state index in [1.807, 2.05) is 32.9 Å². The Morgan fingerprint density at radius 1 is 1.33 bits per heavy atom. The van der Waals surface area contributed by atoms with Gasteiger partial charge >= 0.3 is 6.09 Å². The molecule has 0 saturated carbocycles. The third-order valence-electron chi connectivity index (χ3n) is 3.21. The number of carbonyl (C=O) groups excluding carboxylic acids is 1. The molecule has 5 nitrogen and oxygen atoms in total. The molecule has 0 aromatic carbocycles. The number of hydrogen-bond acceptors (Lipinski definition) is 4. The van der Waals surface area contributed by atoms with Crippen molar-refractivity contribution in [3.05, 3.63) is 23.9 Å². The Balaban J connectivity index is 2.27. The van der Waals surface area contributed by atoms with Crippen LogP contribution in [-0.2, 0) is 4.74 Å². The van der Waals surface area contributed by atoms with E-state index < -0.39 is 11.7 Å². The Kier molecular flexibility index (Phi) is 4.60. The molecular weight excluding hydrogens is 266 g/mol. The second kappa shape index (κ2) is 6.24. The minimum absolute atomic E-state index is 0.404. The molecular formula is C16H23N3O2. The lowest BCUT2D eigenvalue weighted by Crippen LogP contribution is -2.35. The van der Waals surface area contributed by atoms with Crippen LogP contribution < -0.4 is 4.90 Å². The molecule has 5 heteroatoms. The van der Waals surface area contributed by atoms with E-state index in [2.05, 4.69) is 9.98 Å². The average molecular weight is 289 g/mol. The summed E-state index contributed by atoms with van der Waals surface area (Å²) in [6.45, 7) is 6.40. The van der Waals surface area contributed by atoms with Crippen LogP contribution in [0.4, 0.5) is 10.6 Å². The van der Waals surface area contributed by atoms with Gasteiger partial charge in [0.25, 0.3) is 0 Å². The zero-order valence-electron chi connectivity index (χ0n) is 13.2. The lowest BCUT2D eigenvalue weighted by Gasteiger charge is -2.25. The van der Waals surface area contributed by atoms with Crippen LogP contribution in [0.2, 0.25) is 0 Å². The molecule has 21 heavy (non-hydrogen) atoms. The Labute approximate surface area is 126 Å². The number of anilines is 1. The molecule has 1 aliphatic rings. The summed E-state index contributed by atoms with van der Waals surface area (Å²) in [5.74, 6) is 0.604. The fourth-order valence-electron chi connectivity index (χ4n) is 2.22. The van der Waals surface area contributed by atoms with Crippen molar-refractivity contribution in [2.24, 2.45) is 4.99 Å². The average Bonchev–Trinajstić information content (AvgIpc) is 2.45. The molecule has 0 radical (unpaired) electrons. The van der Waals surface area contributed by atoms with Gasteiger partial charge in [-0.15, -0.1) is 0 Å². The number of hydrogen-bond donors (Lipinski definition) is 0. The molecule has 0 spiro atoms. The maximum absolute atomic E-state index is 12.2. The second-order valence-corrected chi connectivity index (χ2v) is 6.20. The molecule has 1 amide bonds. The largest absolute Gasteiger partial charge is 0.443 e. The summed E-state index contributed by atoms with van der Waals surface area (Å²) in [6, 6.07) is 3.84. The maximum atomic E-state index is 12.2. The molecule has 0 atom stereocenters. The lowest BCUT2D eigenvalue weighted by molar-refractivity contribution is 0.0588. The van der Waals surface area contributed by atoms with Crippen LogP contribution in [0, 0.1) is 0 Å². The van der Waals surface area contributed by atoms with Crippen molar-refractivity contribution < 1.29 is 9.53 Å². The molecule has 0 bridgehead atoms. The van der Waals surface area contributed by atoms with E-state index >= 15 is 0 Å². The summed E-state index contributed by atoms with van der Waals surface area (Å²) in [5, 5.41) is 0. The quantitative estimate of drug-likeness (QED) is 0.838. The first-order valence-electron chi connectivity index (χ1n) is 7.34. The molecule has 0 unspecified atom stereocenters. The first-order chi connectivity index (χ1) is 9.88. The van der Waals surface area contributed by atoms with Crippen molar-refractivity contribution in [2.45, 2.75) is 45.6 Å². The molecule has 1 aliphatic heterocycles. The third kappa shape index (κ3) is 4.03. The molecule has 1 aromatic rings. The van der Waals surface area contributed by atoms with Crippen molar-refractivity contribution in [2.75, 3.05) is 18.5 Å². The van der Waals surface area contributed by atoms with Gasteiger partial charge in [0, 0.05) is 31.1 Å². The van der Waals surface area contributed by atoms with Gasteiger partial charge in [-0.05, 0) is 52.2 Å². The van der Waals surface area contributed by atoms with Crippen LogP contribution in [0.5, 0.6) is 0 Å². The van der Waals surface area contributed by atoms with Gasteiger partial charge in [0.2, 0.25) is 0 Å². The van der Waals surface area contributed by atoms with Gasteiger partial charge in [-0.3, -0.25) is 9.89 Å². The fourth-order valence-corrected chi connectivity index (χ4v) is 2.22. The van der Waals surface area contributed by atoms with E-state index in [4.69, 9.17) is 4.74 Å². The Morgan fingerprint density at radius 2 is 2.10 bits per heavy atom. The van der Waals surface area contributed by atoms with Crippen LogP contribution in [0.15, 0.2) is 23.3 Å². The van der Waals surface area contributed by atoms with Crippen molar-refractivity contribution in [1.82, 2.24) is 4.98 Å². The summed E-state index contributed by atoms with van der Waals surface area (Å²) >= 11 is 0. The smallest absolute Gasteiger partial charge is 0.415 e. The second-order valence-electron chi connectivity index (χ2n) is 6.20. The standard InChI is InChI=1S/C16H23N3O2/c1-16(2,3)21-15(20)19(4)14-12(8-7-11-18-14)13-9-5-6-10-17-13/h7-8,11H,5-6,9-10H2,1-4H3. The summed E-state index contributed by atoms with van der Waals surface area (Å²) in [7, 11) is 1.68. The highest BCUT2D eigenvalue weighted by Crippen LogP contribution is 2.23. The molecule has 1 aromatic heterocycles. The molecule has 114 valence electrons. The van der Waals surface area contributed by atoms with Crippen molar-refractivity contribution in [3.63, 3.8) is 0 Å². The number of amides is 1. The summed E-state index contributed by atoms with van der Waals surface area (Å²) in [6.07, 6.45) is 4.47. The Hall–Kier alpha value is -1.91. The highest BCUT2D eigenvalue weighted by Gasteiger charge is 2.24. The maximum Gasteiger partial charge on any atom is 0.415 e. The number of nitrogens with zero attached hydrogens (tertiary/aromatic N) is 3. The van der Waals surface area contributed by atoms with Crippen LogP contribution >= 0.6 is 0 Å². The van der Waals surface area contributed by atoms with Crippen LogP contribution in [-0.4, -0.2) is 36.0 Å². The van der Waals surface area contributed by atoms with E-state index in [0.717, 1.165) is 37.1 Å². The van der Waals surface area contributed by atoms with E-state index in [9.17, 15) is 4.79 Å². The van der Waals surface area contributed by atoms with Gasteiger partial charge in [0.05, 0.1) is 0 Å². The Morgan fingerprint density at radius 3 is 2.71 bits per heavy atom. The molecule has 2 rings (SSSR count). The van der Waals surface area contributed by atoms with Crippen LogP contribution in [0.1, 0.15) is 45.6 Å². The number of carbonyl (C=O) groups is 1. The predicted molar refractivity (Wildman–Crippen MR) is 84.1 cm³/mol. The van der Waals surface area contributed by atoms with E-state index in [-0.39, 0.29) is 0 Å². The van der Waals surface area contributed by atoms with Gasteiger partial charge in [0.1, 0.15) is 11.4 Å². The van der Waals surface area contributed by atoms with E-state index in [1.54, 1.807) is 13.2 Å². The minimum atomic E-state index is -0.525. The normalized spacial score (nSPS) is 15.3. The number of aromatic nitrogens is 1. The van der Waals surface area contributed by atoms with Gasteiger partial charge in [0.15, 0.2) is 0 Å². The highest BCUT2D eigenvalue weighted by atomic mass is 16.6. The lowest BCUT2D eigenvalue weighted by atomic mass is 10.0. The SMILES string of the molecule is CN(C(=O)OC(C)(C)C)c1ncccc1C1=NCCCC1. The number of ether oxygens (including phenoxy) is 1. The number of pyridine rings is 1. The first kappa shape index (κ1) is 15.5. The van der Waals surface area contributed by atoms with Gasteiger partial charge in [-0.1, -0.05) is 0 Å². The summed E-state index contributed by atoms with van der Waals surface area (Å²) in [5.41, 5.74) is 1.42. The zero-order valence-corrected chi connectivity index (χ0v) is 13.2. The molecule has 2 heterocycles. The van der Waals surface area contributed by atoms with Gasteiger partial charge < -0.3 is 4.74 Å².